The highest BCUT2D eigenvalue weighted by Crippen LogP contribution is 2.18. The Balaban J connectivity index is 2.10. The fourth-order valence-electron chi connectivity index (χ4n) is 2.50. The second-order valence-corrected chi connectivity index (χ2v) is 6.55. The van der Waals surface area contributed by atoms with Gasteiger partial charge in [-0.15, -0.1) is 0 Å². The van der Waals surface area contributed by atoms with Crippen molar-refractivity contribution in [3.05, 3.63) is 23.4 Å². The smallest absolute Gasteiger partial charge is 0.251 e. The largest absolute Gasteiger partial charge is 0.370 e. The Morgan fingerprint density at radius 2 is 2.29 bits per heavy atom. The summed E-state index contributed by atoms with van der Waals surface area (Å²) in [7, 11) is 0. The minimum absolute atomic E-state index is 0.0291. The number of hydrogen-bond acceptors (Lipinski definition) is 4. The number of amides is 1. The van der Waals surface area contributed by atoms with Crippen LogP contribution in [-0.2, 0) is 6.42 Å². The van der Waals surface area contributed by atoms with Gasteiger partial charge in [-0.2, -0.15) is 11.8 Å². The highest BCUT2D eigenvalue weighted by Gasteiger charge is 2.17. The van der Waals surface area contributed by atoms with Crippen LogP contribution in [0.4, 0.5) is 5.82 Å². The molecule has 0 spiro atoms. The predicted molar refractivity (Wildman–Crippen MR) is 90.2 cm³/mol. The lowest BCUT2D eigenvalue weighted by atomic mass is 10.1. The summed E-state index contributed by atoms with van der Waals surface area (Å²) in [4.78, 5) is 17.0. The van der Waals surface area contributed by atoms with Crippen LogP contribution in [0.1, 0.15) is 49.2 Å². The van der Waals surface area contributed by atoms with Crippen LogP contribution in [0.3, 0.4) is 0 Å². The Morgan fingerprint density at radius 3 is 2.95 bits per heavy atom. The van der Waals surface area contributed by atoms with Crippen LogP contribution in [0.2, 0.25) is 0 Å². The molecule has 2 rings (SSSR count). The van der Waals surface area contributed by atoms with Gasteiger partial charge in [-0.05, 0) is 44.1 Å². The van der Waals surface area contributed by atoms with E-state index in [2.05, 4.69) is 22.5 Å². The van der Waals surface area contributed by atoms with E-state index in [1.165, 1.54) is 12.2 Å². The van der Waals surface area contributed by atoms with Crippen LogP contribution in [0.15, 0.2) is 12.1 Å². The van der Waals surface area contributed by atoms with Crippen LogP contribution < -0.4 is 10.6 Å². The minimum atomic E-state index is 0.0291. The zero-order valence-corrected chi connectivity index (χ0v) is 13.8. The monoisotopic (exact) mass is 307 g/mol. The van der Waals surface area contributed by atoms with Gasteiger partial charge >= 0.3 is 0 Å². The molecule has 1 fully saturated rings. The molecule has 0 bridgehead atoms. The maximum absolute atomic E-state index is 12.4. The van der Waals surface area contributed by atoms with E-state index in [0.717, 1.165) is 48.6 Å². The third-order valence-electron chi connectivity index (χ3n) is 3.50. The Morgan fingerprint density at radius 1 is 1.43 bits per heavy atom. The number of thioether (sulfide) groups is 1. The van der Waals surface area contributed by atoms with Crippen molar-refractivity contribution in [3.8, 4) is 0 Å². The highest BCUT2D eigenvalue weighted by atomic mass is 32.2. The van der Waals surface area contributed by atoms with Gasteiger partial charge in [0.1, 0.15) is 5.82 Å². The molecular weight excluding hydrogens is 282 g/mol. The molecular formula is C16H25N3OS. The van der Waals surface area contributed by atoms with Crippen molar-refractivity contribution in [2.45, 2.75) is 45.6 Å². The van der Waals surface area contributed by atoms with Crippen molar-refractivity contribution in [2.24, 2.45) is 0 Å². The average Bonchev–Trinajstić information content (AvgIpc) is 2.49. The highest BCUT2D eigenvalue weighted by molar-refractivity contribution is 7.99. The summed E-state index contributed by atoms with van der Waals surface area (Å²) in [6.07, 6.45) is 4.21. The standard InChI is InChI=1S/C16H25N3OS/c1-3-6-13-9-12(10-15(18-13)17-4-2)16(20)19-14-7-5-8-21-11-14/h9-10,14H,3-8,11H2,1-2H3,(H,17,18)(H,19,20). The second-order valence-electron chi connectivity index (χ2n) is 5.40. The zero-order chi connectivity index (χ0) is 15.1. The number of nitrogens with one attached hydrogen (secondary N) is 2. The SMILES string of the molecule is CCCc1cc(C(=O)NC2CCCSC2)cc(NCC)n1. The van der Waals surface area contributed by atoms with Crippen molar-refractivity contribution in [1.82, 2.24) is 10.3 Å². The Hall–Kier alpha value is -1.23. The summed E-state index contributed by atoms with van der Waals surface area (Å²) in [6, 6.07) is 4.09. The molecule has 1 aliphatic rings. The van der Waals surface area contributed by atoms with Crippen LogP contribution >= 0.6 is 11.8 Å². The number of carbonyl (C=O) groups is 1. The minimum Gasteiger partial charge on any atom is -0.370 e. The molecule has 4 nitrogen and oxygen atoms in total. The van der Waals surface area contributed by atoms with Gasteiger partial charge in [0.25, 0.3) is 5.91 Å². The first-order valence-corrected chi connectivity index (χ1v) is 9.01. The quantitative estimate of drug-likeness (QED) is 0.848. The Labute approximate surface area is 131 Å². The van der Waals surface area contributed by atoms with E-state index in [0.29, 0.717) is 6.04 Å². The van der Waals surface area contributed by atoms with Gasteiger partial charge in [0.2, 0.25) is 0 Å². The zero-order valence-electron chi connectivity index (χ0n) is 12.9. The number of nitrogens with zero attached hydrogens (tertiary/aromatic N) is 1. The summed E-state index contributed by atoms with van der Waals surface area (Å²) in [6.45, 7) is 4.97. The van der Waals surface area contributed by atoms with Crippen molar-refractivity contribution >= 4 is 23.5 Å². The molecule has 21 heavy (non-hydrogen) atoms. The Bertz CT molecular complexity index is 448. The first-order valence-electron chi connectivity index (χ1n) is 7.86. The fraction of sp³-hybridized carbons (Fsp3) is 0.625. The number of carbonyl (C=O) groups excluding carboxylic acids is 1. The van der Waals surface area contributed by atoms with E-state index in [1.54, 1.807) is 0 Å². The fourth-order valence-corrected chi connectivity index (χ4v) is 3.57. The molecule has 1 aromatic heterocycles. The van der Waals surface area contributed by atoms with Crippen LogP contribution in [0.25, 0.3) is 0 Å². The number of pyridine rings is 1. The molecule has 1 amide bonds. The van der Waals surface area contributed by atoms with Gasteiger partial charge in [0, 0.05) is 29.6 Å². The van der Waals surface area contributed by atoms with Crippen LogP contribution in [-0.4, -0.2) is 35.0 Å². The molecule has 0 aromatic carbocycles. The Kier molecular flexibility index (Phi) is 6.36. The molecule has 1 saturated heterocycles. The number of anilines is 1. The van der Waals surface area contributed by atoms with E-state index < -0.39 is 0 Å². The molecule has 1 aliphatic heterocycles. The molecule has 0 aliphatic carbocycles. The summed E-state index contributed by atoms with van der Waals surface area (Å²) in [5.41, 5.74) is 1.71. The van der Waals surface area contributed by atoms with Crippen molar-refractivity contribution in [3.63, 3.8) is 0 Å². The summed E-state index contributed by atoms with van der Waals surface area (Å²) >= 11 is 1.92. The third kappa shape index (κ3) is 4.92. The van der Waals surface area contributed by atoms with Gasteiger partial charge in [0.15, 0.2) is 0 Å². The molecule has 2 N–H and O–H groups in total. The van der Waals surface area contributed by atoms with E-state index in [-0.39, 0.29) is 5.91 Å². The second kappa shape index (κ2) is 8.27. The van der Waals surface area contributed by atoms with E-state index in [4.69, 9.17) is 0 Å². The summed E-state index contributed by atoms with van der Waals surface area (Å²) < 4.78 is 0. The normalized spacial score (nSPS) is 18.3. The molecule has 0 radical (unpaired) electrons. The predicted octanol–water partition coefficient (Wildman–Crippen LogP) is 3.09. The van der Waals surface area contributed by atoms with E-state index >= 15 is 0 Å². The lowest BCUT2D eigenvalue weighted by molar-refractivity contribution is 0.0938. The molecule has 2 heterocycles. The van der Waals surface area contributed by atoms with Gasteiger partial charge < -0.3 is 10.6 Å². The lowest BCUT2D eigenvalue weighted by Crippen LogP contribution is -2.38. The van der Waals surface area contributed by atoms with Crippen molar-refractivity contribution in [1.29, 1.82) is 0 Å². The van der Waals surface area contributed by atoms with Crippen molar-refractivity contribution < 1.29 is 4.79 Å². The van der Waals surface area contributed by atoms with Gasteiger partial charge in [0.05, 0.1) is 0 Å². The summed E-state index contributed by atoms with van der Waals surface area (Å²) in [5, 5.41) is 6.37. The first kappa shape index (κ1) is 16.1. The summed E-state index contributed by atoms with van der Waals surface area (Å²) in [5.74, 6) is 3.07. The molecule has 1 unspecified atom stereocenters. The van der Waals surface area contributed by atoms with Gasteiger partial charge in [-0.3, -0.25) is 4.79 Å². The van der Waals surface area contributed by atoms with Crippen LogP contribution in [0, 0.1) is 0 Å². The number of hydrogen-bond donors (Lipinski definition) is 2. The number of aromatic nitrogens is 1. The first-order chi connectivity index (χ1) is 10.2. The van der Waals surface area contributed by atoms with E-state index in [9.17, 15) is 4.79 Å². The number of rotatable bonds is 6. The average molecular weight is 307 g/mol. The topological polar surface area (TPSA) is 54.0 Å². The maximum atomic E-state index is 12.4. The molecule has 1 aromatic rings. The maximum Gasteiger partial charge on any atom is 0.251 e. The number of aryl methyl sites for hydroxylation is 1. The van der Waals surface area contributed by atoms with Gasteiger partial charge in [-0.25, -0.2) is 4.98 Å². The van der Waals surface area contributed by atoms with Crippen LogP contribution in [0.5, 0.6) is 0 Å². The third-order valence-corrected chi connectivity index (χ3v) is 4.72. The van der Waals surface area contributed by atoms with E-state index in [1.807, 2.05) is 30.8 Å². The molecule has 0 saturated carbocycles. The van der Waals surface area contributed by atoms with Crippen molar-refractivity contribution in [2.75, 3.05) is 23.4 Å². The molecule has 1 atom stereocenters. The van der Waals surface area contributed by atoms with Gasteiger partial charge in [-0.1, -0.05) is 13.3 Å². The molecule has 5 heteroatoms. The molecule has 116 valence electrons. The lowest BCUT2D eigenvalue weighted by Gasteiger charge is -2.22.